The van der Waals surface area contributed by atoms with E-state index in [1.165, 1.54) is 37.3 Å². The zero-order valence-corrected chi connectivity index (χ0v) is 14.9. The van der Waals surface area contributed by atoms with E-state index in [1.807, 2.05) is 0 Å². The van der Waals surface area contributed by atoms with E-state index in [4.69, 9.17) is 4.74 Å². The first kappa shape index (κ1) is 21.5. The minimum absolute atomic E-state index is 0.0470. The van der Waals surface area contributed by atoms with Crippen LogP contribution in [0, 0.1) is 0 Å². The van der Waals surface area contributed by atoms with Crippen molar-refractivity contribution in [3.8, 4) is 5.75 Å². The van der Waals surface area contributed by atoms with Crippen LogP contribution in [0.25, 0.3) is 0 Å². The van der Waals surface area contributed by atoms with Crippen LogP contribution in [0.5, 0.6) is 5.75 Å². The van der Waals surface area contributed by atoms with Gasteiger partial charge in [-0.15, -0.1) is 0 Å². The van der Waals surface area contributed by atoms with Crippen LogP contribution in [0.4, 0.5) is 26.7 Å². The van der Waals surface area contributed by atoms with Gasteiger partial charge >= 0.3 is 12.2 Å². The first-order valence-corrected chi connectivity index (χ1v) is 8.37. The van der Waals surface area contributed by atoms with Crippen LogP contribution in [0.1, 0.15) is 29.7 Å². The highest BCUT2D eigenvalue weighted by Gasteiger charge is 2.34. The van der Waals surface area contributed by atoms with Crippen LogP contribution in [0.15, 0.2) is 48.5 Å². The molecule has 0 aromatic heterocycles. The van der Waals surface area contributed by atoms with E-state index in [-0.39, 0.29) is 17.9 Å². The van der Waals surface area contributed by atoms with E-state index in [1.54, 1.807) is 12.1 Å². The molecule has 152 valence electrons. The first-order valence-electron chi connectivity index (χ1n) is 8.37. The summed E-state index contributed by atoms with van der Waals surface area (Å²) in [7, 11) is 0. The summed E-state index contributed by atoms with van der Waals surface area (Å²) in [5.41, 5.74) is -0.274. The largest absolute Gasteiger partial charge is 0.488 e. The van der Waals surface area contributed by atoms with Gasteiger partial charge < -0.3 is 15.4 Å². The fourth-order valence-corrected chi connectivity index (χ4v) is 2.54. The van der Waals surface area contributed by atoms with Gasteiger partial charge in [0.05, 0.1) is 11.6 Å². The molecule has 0 spiro atoms. The summed E-state index contributed by atoms with van der Waals surface area (Å²) in [6.07, 6.45) is -7.13. The molecule has 0 bridgehead atoms. The Morgan fingerprint density at radius 3 is 2.50 bits per heavy atom. The smallest absolute Gasteiger partial charge is 0.416 e. The van der Waals surface area contributed by atoms with Crippen molar-refractivity contribution < 1.29 is 31.5 Å². The Kier molecular flexibility index (Phi) is 7.19. The van der Waals surface area contributed by atoms with Crippen LogP contribution in [0.2, 0.25) is 0 Å². The molecule has 0 heterocycles. The van der Waals surface area contributed by atoms with Gasteiger partial charge in [0.25, 0.3) is 6.43 Å². The Balaban J connectivity index is 1.94. The average Bonchev–Trinajstić information content (AvgIpc) is 2.64. The number of benzene rings is 2. The Bertz CT molecular complexity index is 796. The Morgan fingerprint density at radius 1 is 1.11 bits per heavy atom. The quantitative estimate of drug-likeness (QED) is 0.647. The van der Waals surface area contributed by atoms with Crippen molar-refractivity contribution in [2.24, 2.45) is 0 Å². The Labute approximate surface area is 158 Å². The molecule has 1 atom stereocenters. The maximum Gasteiger partial charge on any atom is 0.416 e. The zero-order chi connectivity index (χ0) is 20.7. The van der Waals surface area contributed by atoms with Gasteiger partial charge in [0.1, 0.15) is 12.4 Å². The monoisotopic (exact) mass is 402 g/mol. The van der Waals surface area contributed by atoms with E-state index in [9.17, 15) is 26.7 Å². The molecule has 0 saturated carbocycles. The average molecular weight is 402 g/mol. The molecule has 0 aliphatic rings. The molecule has 0 radical (unpaired) electrons. The highest BCUT2D eigenvalue weighted by Crippen LogP contribution is 2.34. The van der Waals surface area contributed by atoms with Gasteiger partial charge in [-0.3, -0.25) is 0 Å². The minimum atomic E-state index is -4.53. The predicted molar refractivity (Wildman–Crippen MR) is 93.2 cm³/mol. The predicted octanol–water partition coefficient (Wildman–Crippen LogP) is 4.91. The standard InChI is InChI=1S/C19H19F5N2O2/c1-12(15-7-2-3-8-16(15)19(22,23)24)26-18(27)25-10-13-5-4-6-14(9-13)28-11-17(20)21/h2-9,12,17H,10-11H2,1H3,(H2,25,26,27). The number of hydrogen-bond acceptors (Lipinski definition) is 2. The van der Waals surface area contributed by atoms with Crippen molar-refractivity contribution in [3.63, 3.8) is 0 Å². The fraction of sp³-hybridized carbons (Fsp3) is 0.316. The van der Waals surface area contributed by atoms with Gasteiger partial charge in [-0.05, 0) is 36.2 Å². The van der Waals surface area contributed by atoms with Crippen molar-refractivity contribution in [3.05, 3.63) is 65.2 Å². The second-order valence-corrected chi connectivity index (χ2v) is 5.98. The van der Waals surface area contributed by atoms with E-state index in [0.29, 0.717) is 5.56 Å². The Morgan fingerprint density at radius 2 is 1.82 bits per heavy atom. The molecule has 0 aliphatic heterocycles. The van der Waals surface area contributed by atoms with Gasteiger partial charge in [0.15, 0.2) is 0 Å². The number of nitrogens with one attached hydrogen (secondary N) is 2. The molecular weight excluding hydrogens is 383 g/mol. The summed E-state index contributed by atoms with van der Waals surface area (Å²) >= 11 is 0. The lowest BCUT2D eigenvalue weighted by atomic mass is 10.0. The van der Waals surface area contributed by atoms with Crippen LogP contribution in [-0.4, -0.2) is 19.1 Å². The molecule has 0 aliphatic carbocycles. The molecule has 0 saturated heterocycles. The maximum atomic E-state index is 13.1. The van der Waals surface area contributed by atoms with Gasteiger partial charge in [0.2, 0.25) is 0 Å². The summed E-state index contributed by atoms with van der Waals surface area (Å²) in [4.78, 5) is 12.0. The maximum absolute atomic E-state index is 13.1. The molecule has 2 amide bonds. The van der Waals surface area contributed by atoms with E-state index >= 15 is 0 Å². The third-order valence-electron chi connectivity index (χ3n) is 3.81. The van der Waals surface area contributed by atoms with Crippen molar-refractivity contribution in [2.75, 3.05) is 6.61 Å². The molecule has 2 rings (SSSR count). The highest BCUT2D eigenvalue weighted by atomic mass is 19.4. The fourth-order valence-electron chi connectivity index (χ4n) is 2.54. The molecule has 28 heavy (non-hydrogen) atoms. The Hall–Kier alpha value is -2.84. The molecule has 9 heteroatoms. The van der Waals surface area contributed by atoms with Gasteiger partial charge in [-0.2, -0.15) is 13.2 Å². The molecule has 2 aromatic rings. The first-order chi connectivity index (χ1) is 13.2. The number of urea groups is 1. The summed E-state index contributed by atoms with van der Waals surface area (Å²) in [6.45, 7) is 0.752. The number of halogens is 5. The second-order valence-electron chi connectivity index (χ2n) is 5.98. The van der Waals surface area contributed by atoms with Gasteiger partial charge in [-0.25, -0.2) is 13.6 Å². The van der Waals surface area contributed by atoms with Crippen molar-refractivity contribution in [2.45, 2.75) is 32.1 Å². The van der Waals surface area contributed by atoms with Gasteiger partial charge in [0, 0.05) is 6.54 Å². The number of rotatable bonds is 7. The van der Waals surface area contributed by atoms with E-state index < -0.39 is 36.8 Å². The molecule has 0 fully saturated rings. The van der Waals surface area contributed by atoms with Crippen molar-refractivity contribution in [1.82, 2.24) is 10.6 Å². The van der Waals surface area contributed by atoms with Crippen LogP contribution in [0.3, 0.4) is 0 Å². The van der Waals surface area contributed by atoms with Crippen LogP contribution in [-0.2, 0) is 12.7 Å². The lowest BCUT2D eigenvalue weighted by molar-refractivity contribution is -0.138. The number of amides is 2. The molecule has 1 unspecified atom stereocenters. The molecule has 2 N–H and O–H groups in total. The van der Waals surface area contributed by atoms with Crippen molar-refractivity contribution >= 4 is 6.03 Å². The number of carbonyl (C=O) groups excluding carboxylic acids is 1. The normalized spacial score (nSPS) is 12.5. The number of hydrogen-bond donors (Lipinski definition) is 2. The molecule has 2 aromatic carbocycles. The SMILES string of the molecule is CC(NC(=O)NCc1cccc(OCC(F)F)c1)c1ccccc1C(F)(F)F. The zero-order valence-electron chi connectivity index (χ0n) is 14.9. The summed E-state index contributed by atoms with van der Waals surface area (Å²) in [5, 5.41) is 4.97. The third kappa shape index (κ3) is 6.40. The highest BCUT2D eigenvalue weighted by molar-refractivity contribution is 5.74. The molecular formula is C19H19F5N2O2. The second kappa shape index (κ2) is 9.38. The number of ether oxygens (including phenoxy) is 1. The van der Waals surface area contributed by atoms with Crippen LogP contribution < -0.4 is 15.4 Å². The lowest BCUT2D eigenvalue weighted by Gasteiger charge is -2.19. The van der Waals surface area contributed by atoms with E-state index in [2.05, 4.69) is 10.6 Å². The van der Waals surface area contributed by atoms with Gasteiger partial charge in [-0.1, -0.05) is 30.3 Å². The van der Waals surface area contributed by atoms with E-state index in [0.717, 1.165) is 6.07 Å². The summed E-state index contributed by atoms with van der Waals surface area (Å²) in [5.74, 6) is 0.229. The summed E-state index contributed by atoms with van der Waals surface area (Å²) < 4.78 is 68.5. The van der Waals surface area contributed by atoms with Crippen LogP contribution >= 0.6 is 0 Å². The third-order valence-corrected chi connectivity index (χ3v) is 3.81. The van der Waals surface area contributed by atoms with Crippen molar-refractivity contribution in [1.29, 1.82) is 0 Å². The number of alkyl halides is 5. The topological polar surface area (TPSA) is 50.4 Å². The summed E-state index contributed by atoms with van der Waals surface area (Å²) in [6, 6.07) is 9.69. The minimum Gasteiger partial charge on any atom is -0.488 e. The number of carbonyl (C=O) groups is 1. The lowest BCUT2D eigenvalue weighted by Crippen LogP contribution is -2.37. The molecule has 4 nitrogen and oxygen atoms in total.